The first-order valence-corrected chi connectivity index (χ1v) is 8.49. The van der Waals surface area contributed by atoms with Crippen LogP contribution in [0.15, 0.2) is 47.4 Å². The third-order valence-corrected chi connectivity index (χ3v) is 4.33. The average Bonchev–Trinajstić information content (AvgIpc) is 2.48. The molecule has 0 unspecified atom stereocenters. The number of rotatable bonds is 5. The maximum atomic E-state index is 13.5. The third kappa shape index (κ3) is 4.37. The molecule has 2 rings (SSSR count). The molecule has 0 saturated carbocycles. The predicted molar refractivity (Wildman–Crippen MR) is 85.0 cm³/mol. The molecule has 0 bridgehead atoms. The number of nitrogens with one attached hydrogen (secondary N) is 1. The molecule has 0 fully saturated rings. The van der Waals surface area contributed by atoms with Gasteiger partial charge in [0.2, 0.25) is 10.0 Å². The van der Waals surface area contributed by atoms with Crippen molar-refractivity contribution in [3.63, 3.8) is 0 Å². The number of carbonyl (C=O) groups excluding carboxylic acids is 1. The molecule has 0 atom stereocenters. The van der Waals surface area contributed by atoms with Gasteiger partial charge in [-0.3, -0.25) is 4.79 Å². The highest BCUT2D eigenvalue weighted by molar-refractivity contribution is 7.89. The zero-order valence-electron chi connectivity index (χ0n) is 12.5. The summed E-state index contributed by atoms with van der Waals surface area (Å²) in [4.78, 5) is 12.1. The predicted octanol–water partition coefficient (Wildman–Crippen LogP) is 1.75. The van der Waals surface area contributed by atoms with Crippen LogP contribution in [0.4, 0.5) is 4.39 Å². The number of primary sulfonamides is 1. The Hall–Kier alpha value is -2.25. The van der Waals surface area contributed by atoms with Crippen molar-refractivity contribution in [2.75, 3.05) is 6.54 Å². The molecule has 0 heterocycles. The highest BCUT2D eigenvalue weighted by atomic mass is 32.2. The Morgan fingerprint density at radius 3 is 2.57 bits per heavy atom. The average molecular weight is 336 g/mol. The minimum atomic E-state index is -3.87. The van der Waals surface area contributed by atoms with Gasteiger partial charge in [0.25, 0.3) is 5.91 Å². The summed E-state index contributed by atoms with van der Waals surface area (Å²) in [6.07, 6.45) is 0.340. The molecule has 2 aromatic carbocycles. The normalized spacial score (nSPS) is 11.3. The number of nitrogens with two attached hydrogens (primary N) is 1. The molecule has 0 aliphatic carbocycles. The molecular weight excluding hydrogens is 319 g/mol. The summed E-state index contributed by atoms with van der Waals surface area (Å²) < 4.78 is 36.2. The van der Waals surface area contributed by atoms with Crippen molar-refractivity contribution in [3.05, 3.63) is 65.0 Å². The molecule has 0 radical (unpaired) electrons. The van der Waals surface area contributed by atoms with Gasteiger partial charge in [0.15, 0.2) is 0 Å². The number of hydrogen-bond donors (Lipinski definition) is 2. The SMILES string of the molecule is Cc1ccc(S(N)(=O)=O)cc1C(=O)NCCc1ccccc1F. The monoisotopic (exact) mass is 336 g/mol. The maximum absolute atomic E-state index is 13.5. The molecule has 23 heavy (non-hydrogen) atoms. The Bertz CT molecular complexity index is 835. The van der Waals surface area contributed by atoms with E-state index in [9.17, 15) is 17.6 Å². The second-order valence-electron chi connectivity index (χ2n) is 5.12. The molecule has 3 N–H and O–H groups in total. The lowest BCUT2D eigenvalue weighted by molar-refractivity contribution is 0.0953. The van der Waals surface area contributed by atoms with Gasteiger partial charge in [-0.05, 0) is 42.7 Å². The number of sulfonamides is 1. The molecule has 0 aromatic heterocycles. The number of amides is 1. The van der Waals surface area contributed by atoms with Gasteiger partial charge >= 0.3 is 0 Å². The first kappa shape index (κ1) is 17.1. The molecule has 1 amide bonds. The first-order valence-electron chi connectivity index (χ1n) is 6.94. The molecule has 0 aliphatic heterocycles. The second-order valence-corrected chi connectivity index (χ2v) is 6.68. The van der Waals surface area contributed by atoms with Crippen molar-refractivity contribution in [1.82, 2.24) is 5.32 Å². The summed E-state index contributed by atoms with van der Waals surface area (Å²) in [5, 5.41) is 7.72. The number of hydrogen-bond acceptors (Lipinski definition) is 3. The van der Waals surface area contributed by atoms with Gasteiger partial charge in [0, 0.05) is 12.1 Å². The van der Waals surface area contributed by atoms with Crippen molar-refractivity contribution in [2.45, 2.75) is 18.2 Å². The minimum Gasteiger partial charge on any atom is -0.352 e. The summed E-state index contributed by atoms with van der Waals surface area (Å²) in [5.74, 6) is -0.751. The van der Waals surface area contributed by atoms with E-state index in [0.29, 0.717) is 17.5 Å². The van der Waals surface area contributed by atoms with E-state index in [1.54, 1.807) is 25.1 Å². The van der Waals surface area contributed by atoms with Crippen LogP contribution in [0.5, 0.6) is 0 Å². The summed E-state index contributed by atoms with van der Waals surface area (Å²) in [5.41, 5.74) is 1.36. The van der Waals surface area contributed by atoms with Gasteiger partial charge in [-0.2, -0.15) is 0 Å². The Morgan fingerprint density at radius 1 is 1.22 bits per heavy atom. The number of aryl methyl sites for hydroxylation is 1. The van der Waals surface area contributed by atoms with E-state index in [2.05, 4.69) is 5.32 Å². The number of halogens is 1. The molecule has 2 aromatic rings. The molecule has 0 saturated heterocycles. The maximum Gasteiger partial charge on any atom is 0.251 e. The Kier molecular flexibility index (Phi) is 5.12. The summed E-state index contributed by atoms with van der Waals surface area (Å²) in [6, 6.07) is 10.4. The zero-order valence-corrected chi connectivity index (χ0v) is 13.4. The van der Waals surface area contributed by atoms with E-state index in [-0.39, 0.29) is 22.8 Å². The quantitative estimate of drug-likeness (QED) is 0.872. The van der Waals surface area contributed by atoms with Crippen LogP contribution in [-0.4, -0.2) is 20.9 Å². The van der Waals surface area contributed by atoms with Crippen molar-refractivity contribution in [1.29, 1.82) is 0 Å². The summed E-state index contributed by atoms with van der Waals surface area (Å²) in [7, 11) is -3.87. The summed E-state index contributed by atoms with van der Waals surface area (Å²) >= 11 is 0. The van der Waals surface area contributed by atoms with Gasteiger partial charge in [0.05, 0.1) is 4.90 Å². The van der Waals surface area contributed by atoms with Gasteiger partial charge in [-0.25, -0.2) is 17.9 Å². The smallest absolute Gasteiger partial charge is 0.251 e. The lowest BCUT2D eigenvalue weighted by atomic mass is 10.1. The number of carbonyl (C=O) groups is 1. The lowest BCUT2D eigenvalue weighted by Gasteiger charge is -2.09. The van der Waals surface area contributed by atoms with E-state index >= 15 is 0 Å². The molecule has 122 valence electrons. The Balaban J connectivity index is 2.08. The van der Waals surface area contributed by atoms with Crippen LogP contribution in [0.3, 0.4) is 0 Å². The zero-order chi connectivity index (χ0) is 17.0. The van der Waals surface area contributed by atoms with Crippen molar-refractivity contribution in [2.24, 2.45) is 5.14 Å². The fraction of sp³-hybridized carbons (Fsp3) is 0.188. The van der Waals surface area contributed by atoms with Crippen molar-refractivity contribution in [3.8, 4) is 0 Å². The van der Waals surface area contributed by atoms with Crippen LogP contribution < -0.4 is 10.5 Å². The molecule has 0 spiro atoms. The molecular formula is C16H17FN2O3S. The fourth-order valence-electron chi connectivity index (χ4n) is 2.13. The minimum absolute atomic E-state index is 0.123. The fourth-order valence-corrected chi connectivity index (χ4v) is 2.67. The van der Waals surface area contributed by atoms with Crippen LogP contribution in [0, 0.1) is 12.7 Å². The van der Waals surface area contributed by atoms with Crippen molar-refractivity contribution < 1.29 is 17.6 Å². The Labute approximate surface area is 134 Å². The highest BCUT2D eigenvalue weighted by Crippen LogP contribution is 2.14. The Morgan fingerprint density at radius 2 is 1.91 bits per heavy atom. The summed E-state index contributed by atoms with van der Waals surface area (Å²) in [6.45, 7) is 1.93. The third-order valence-electron chi connectivity index (χ3n) is 3.42. The van der Waals surface area contributed by atoms with Crippen molar-refractivity contribution >= 4 is 15.9 Å². The van der Waals surface area contributed by atoms with E-state index in [1.165, 1.54) is 24.3 Å². The van der Waals surface area contributed by atoms with Crippen LogP contribution in [0.25, 0.3) is 0 Å². The molecule has 5 nitrogen and oxygen atoms in total. The van der Waals surface area contributed by atoms with E-state index in [0.717, 1.165) is 0 Å². The second kappa shape index (κ2) is 6.89. The van der Waals surface area contributed by atoms with Crippen LogP contribution in [0.2, 0.25) is 0 Å². The topological polar surface area (TPSA) is 89.3 Å². The molecule has 0 aliphatic rings. The van der Waals surface area contributed by atoms with Gasteiger partial charge in [-0.1, -0.05) is 24.3 Å². The lowest BCUT2D eigenvalue weighted by Crippen LogP contribution is -2.27. The van der Waals surface area contributed by atoms with Gasteiger partial charge in [-0.15, -0.1) is 0 Å². The van der Waals surface area contributed by atoms with Gasteiger partial charge in [0.1, 0.15) is 5.82 Å². The first-order chi connectivity index (χ1) is 10.8. The largest absolute Gasteiger partial charge is 0.352 e. The standard InChI is InChI=1S/C16H17FN2O3S/c1-11-6-7-13(23(18,21)22)10-14(11)16(20)19-9-8-12-4-2-3-5-15(12)17/h2-7,10H,8-9H2,1H3,(H,19,20)(H2,18,21,22). The molecule has 7 heteroatoms. The van der Waals surface area contributed by atoms with Crippen LogP contribution >= 0.6 is 0 Å². The van der Waals surface area contributed by atoms with Gasteiger partial charge < -0.3 is 5.32 Å². The van der Waals surface area contributed by atoms with E-state index < -0.39 is 15.9 Å². The van der Waals surface area contributed by atoms with Crippen LogP contribution in [-0.2, 0) is 16.4 Å². The van der Waals surface area contributed by atoms with E-state index in [1.807, 2.05) is 0 Å². The highest BCUT2D eigenvalue weighted by Gasteiger charge is 2.14. The number of benzene rings is 2. The van der Waals surface area contributed by atoms with E-state index in [4.69, 9.17) is 5.14 Å². The van der Waals surface area contributed by atoms with Crippen LogP contribution in [0.1, 0.15) is 21.5 Å².